The van der Waals surface area contributed by atoms with E-state index in [1.54, 1.807) is 0 Å². The van der Waals surface area contributed by atoms with Crippen molar-refractivity contribution in [3.63, 3.8) is 0 Å². The van der Waals surface area contributed by atoms with E-state index in [0.717, 1.165) is 24.9 Å². The van der Waals surface area contributed by atoms with Crippen LogP contribution in [0.5, 0.6) is 0 Å². The average Bonchev–Trinajstić information content (AvgIpc) is 1.92. The van der Waals surface area contributed by atoms with Gasteiger partial charge in [-0.3, -0.25) is 0 Å². The van der Waals surface area contributed by atoms with Crippen molar-refractivity contribution < 1.29 is 0 Å². The van der Waals surface area contributed by atoms with Crippen molar-refractivity contribution in [1.29, 1.82) is 0 Å². The normalized spacial score (nSPS) is 45.8. The second-order valence-electron chi connectivity index (χ2n) is 5.33. The minimum absolute atomic E-state index is 0.472. The first-order valence-electron chi connectivity index (χ1n) is 5.05. The highest BCUT2D eigenvalue weighted by atomic mass is 14.9. The molecule has 1 saturated heterocycles. The standard InChI is InChI=1S/C10H20N2/c1-10(2)3-7-5-12-6-8(4-10)9(7)11/h7-9,12H,3-6,11H2,1-2H3. The van der Waals surface area contributed by atoms with E-state index in [1.165, 1.54) is 12.8 Å². The predicted octanol–water partition coefficient (Wildman–Crippen LogP) is 0.969. The smallest absolute Gasteiger partial charge is 0.0120 e. The molecule has 0 aromatic rings. The topological polar surface area (TPSA) is 38.0 Å². The van der Waals surface area contributed by atoms with E-state index in [0.29, 0.717) is 11.5 Å². The molecule has 2 aliphatic rings. The van der Waals surface area contributed by atoms with Gasteiger partial charge in [-0.2, -0.15) is 0 Å². The molecule has 1 aliphatic heterocycles. The van der Waals surface area contributed by atoms with Gasteiger partial charge >= 0.3 is 0 Å². The molecular formula is C10H20N2. The molecule has 0 aromatic carbocycles. The van der Waals surface area contributed by atoms with Gasteiger partial charge < -0.3 is 11.1 Å². The van der Waals surface area contributed by atoms with Gasteiger partial charge in [0.2, 0.25) is 0 Å². The SMILES string of the molecule is CC1(C)CC2CNCC(C1)C2N. The minimum atomic E-state index is 0.472. The molecule has 1 aliphatic carbocycles. The third kappa shape index (κ3) is 1.38. The predicted molar refractivity (Wildman–Crippen MR) is 50.8 cm³/mol. The molecule has 2 fully saturated rings. The third-order valence-electron chi connectivity index (χ3n) is 3.53. The van der Waals surface area contributed by atoms with E-state index in [1.807, 2.05) is 0 Å². The van der Waals surface area contributed by atoms with E-state index in [9.17, 15) is 0 Å². The van der Waals surface area contributed by atoms with Crippen LogP contribution in [0.4, 0.5) is 0 Å². The number of hydrogen-bond acceptors (Lipinski definition) is 2. The Morgan fingerprint density at radius 2 is 1.67 bits per heavy atom. The second-order valence-corrected chi connectivity index (χ2v) is 5.33. The molecule has 1 saturated carbocycles. The molecule has 70 valence electrons. The zero-order valence-electron chi connectivity index (χ0n) is 8.14. The summed E-state index contributed by atoms with van der Waals surface area (Å²) in [5.41, 5.74) is 6.70. The molecule has 12 heavy (non-hydrogen) atoms. The van der Waals surface area contributed by atoms with Gasteiger partial charge in [0.05, 0.1) is 0 Å². The first kappa shape index (κ1) is 8.52. The first-order chi connectivity index (χ1) is 5.58. The molecule has 2 unspecified atom stereocenters. The summed E-state index contributed by atoms with van der Waals surface area (Å²) in [5.74, 6) is 1.46. The van der Waals surface area contributed by atoms with Crippen molar-refractivity contribution in [3.05, 3.63) is 0 Å². The fourth-order valence-corrected chi connectivity index (χ4v) is 3.03. The fourth-order valence-electron chi connectivity index (χ4n) is 3.03. The molecule has 2 heteroatoms. The number of fused-ring (bicyclic) bond motifs is 2. The highest BCUT2D eigenvalue weighted by molar-refractivity contribution is 4.97. The van der Waals surface area contributed by atoms with Crippen LogP contribution < -0.4 is 11.1 Å². The van der Waals surface area contributed by atoms with Crippen LogP contribution >= 0.6 is 0 Å². The van der Waals surface area contributed by atoms with Gasteiger partial charge in [-0.15, -0.1) is 0 Å². The molecule has 2 rings (SSSR count). The fraction of sp³-hybridized carbons (Fsp3) is 1.00. The van der Waals surface area contributed by atoms with Gasteiger partial charge in [0.25, 0.3) is 0 Å². The molecule has 2 nitrogen and oxygen atoms in total. The maximum Gasteiger partial charge on any atom is 0.0120 e. The largest absolute Gasteiger partial charge is 0.327 e. The molecule has 0 spiro atoms. The van der Waals surface area contributed by atoms with Crippen LogP contribution in [0.25, 0.3) is 0 Å². The molecule has 3 N–H and O–H groups in total. The summed E-state index contributed by atoms with van der Waals surface area (Å²) in [5, 5.41) is 3.47. The minimum Gasteiger partial charge on any atom is -0.327 e. The van der Waals surface area contributed by atoms with Crippen molar-refractivity contribution in [3.8, 4) is 0 Å². The maximum absolute atomic E-state index is 6.17. The number of rotatable bonds is 0. The van der Waals surface area contributed by atoms with Crippen LogP contribution in [0.3, 0.4) is 0 Å². The Bertz CT molecular complexity index is 161. The summed E-state index contributed by atoms with van der Waals surface area (Å²) in [6.07, 6.45) is 2.61. The lowest BCUT2D eigenvalue weighted by molar-refractivity contribution is 0.0708. The van der Waals surface area contributed by atoms with Crippen molar-refractivity contribution in [1.82, 2.24) is 5.32 Å². The molecule has 0 aromatic heterocycles. The van der Waals surface area contributed by atoms with Gasteiger partial charge in [0.1, 0.15) is 0 Å². The van der Waals surface area contributed by atoms with Crippen LogP contribution in [0.1, 0.15) is 26.7 Å². The zero-order valence-corrected chi connectivity index (χ0v) is 8.14. The van der Waals surface area contributed by atoms with Gasteiger partial charge in [0, 0.05) is 6.04 Å². The van der Waals surface area contributed by atoms with Crippen LogP contribution in [-0.2, 0) is 0 Å². The van der Waals surface area contributed by atoms with E-state index < -0.39 is 0 Å². The van der Waals surface area contributed by atoms with Gasteiger partial charge in [-0.05, 0) is 43.2 Å². The van der Waals surface area contributed by atoms with Gasteiger partial charge in [-0.1, -0.05) is 13.8 Å². The van der Waals surface area contributed by atoms with E-state index >= 15 is 0 Å². The lowest BCUT2D eigenvalue weighted by atomic mass is 9.63. The first-order valence-corrected chi connectivity index (χ1v) is 5.05. The number of hydrogen-bond donors (Lipinski definition) is 2. The number of nitrogens with one attached hydrogen (secondary N) is 1. The van der Waals surface area contributed by atoms with Crippen molar-refractivity contribution in [2.45, 2.75) is 32.7 Å². The Morgan fingerprint density at radius 3 is 2.17 bits per heavy atom. The Kier molecular flexibility index (Phi) is 1.92. The monoisotopic (exact) mass is 168 g/mol. The van der Waals surface area contributed by atoms with Gasteiger partial charge in [-0.25, -0.2) is 0 Å². The summed E-state index contributed by atoms with van der Waals surface area (Å²) < 4.78 is 0. The van der Waals surface area contributed by atoms with E-state index in [4.69, 9.17) is 5.73 Å². The summed E-state index contributed by atoms with van der Waals surface area (Å²) in [7, 11) is 0. The van der Waals surface area contributed by atoms with Crippen LogP contribution in [-0.4, -0.2) is 19.1 Å². The molecular weight excluding hydrogens is 148 g/mol. The average molecular weight is 168 g/mol. The summed E-state index contributed by atoms with van der Waals surface area (Å²) in [4.78, 5) is 0. The molecule has 1 heterocycles. The summed E-state index contributed by atoms with van der Waals surface area (Å²) >= 11 is 0. The molecule has 2 bridgehead atoms. The Balaban J connectivity index is 2.12. The molecule has 2 atom stereocenters. The molecule has 0 amide bonds. The van der Waals surface area contributed by atoms with Crippen LogP contribution in [0.2, 0.25) is 0 Å². The second kappa shape index (κ2) is 2.71. The molecule has 0 radical (unpaired) electrons. The van der Waals surface area contributed by atoms with Crippen LogP contribution in [0.15, 0.2) is 0 Å². The van der Waals surface area contributed by atoms with Crippen molar-refractivity contribution in [2.24, 2.45) is 23.0 Å². The van der Waals surface area contributed by atoms with E-state index in [2.05, 4.69) is 19.2 Å². The van der Waals surface area contributed by atoms with Crippen LogP contribution in [0, 0.1) is 17.3 Å². The lowest BCUT2D eigenvalue weighted by Gasteiger charge is -2.48. The van der Waals surface area contributed by atoms with Gasteiger partial charge in [0.15, 0.2) is 0 Å². The maximum atomic E-state index is 6.17. The summed E-state index contributed by atoms with van der Waals surface area (Å²) in [6.45, 7) is 7.04. The Labute approximate surface area is 74.9 Å². The third-order valence-corrected chi connectivity index (χ3v) is 3.53. The lowest BCUT2D eigenvalue weighted by Crippen LogP contribution is -2.56. The van der Waals surface area contributed by atoms with Crippen molar-refractivity contribution in [2.75, 3.05) is 13.1 Å². The Hall–Kier alpha value is -0.0800. The summed E-state index contributed by atoms with van der Waals surface area (Å²) in [6, 6.07) is 0.472. The van der Waals surface area contributed by atoms with Crippen molar-refractivity contribution >= 4 is 0 Å². The number of nitrogens with two attached hydrogens (primary N) is 1. The van der Waals surface area contributed by atoms with E-state index in [-0.39, 0.29) is 0 Å². The number of piperidine rings is 1. The highest BCUT2D eigenvalue weighted by Gasteiger charge is 2.41. The highest BCUT2D eigenvalue weighted by Crippen LogP contribution is 2.42. The Morgan fingerprint density at radius 1 is 1.17 bits per heavy atom. The quantitative estimate of drug-likeness (QED) is 0.565. The zero-order chi connectivity index (χ0) is 8.77.